The molecule has 0 unspecified atom stereocenters. The van der Waals surface area contributed by atoms with Crippen molar-refractivity contribution in [1.29, 1.82) is 0 Å². The summed E-state index contributed by atoms with van der Waals surface area (Å²) < 4.78 is 0. The average molecular weight is 293 g/mol. The molecule has 0 atom stereocenters. The molecule has 5 heteroatoms. The van der Waals surface area contributed by atoms with Gasteiger partial charge >= 0.3 is 0 Å². The van der Waals surface area contributed by atoms with Crippen molar-refractivity contribution >= 4 is 34.0 Å². The number of halogens is 1. The fourth-order valence-electron chi connectivity index (χ4n) is 1.53. The molecule has 0 radical (unpaired) electrons. The predicted molar refractivity (Wildman–Crippen MR) is 80.6 cm³/mol. The van der Waals surface area contributed by atoms with Gasteiger partial charge in [-0.3, -0.25) is 10.1 Å². The minimum absolute atomic E-state index is 0.167. The number of nitrogens with one attached hydrogen (secondary N) is 1. The Bertz CT molecular complexity index is 630. The number of thiazole rings is 1. The van der Waals surface area contributed by atoms with Crippen LogP contribution in [0.2, 0.25) is 5.02 Å². The second-order valence-corrected chi connectivity index (χ2v) is 5.49. The third kappa shape index (κ3) is 3.66. The van der Waals surface area contributed by atoms with E-state index in [1.807, 2.05) is 43.5 Å². The third-order valence-electron chi connectivity index (χ3n) is 2.30. The van der Waals surface area contributed by atoms with Crippen molar-refractivity contribution in [2.75, 3.05) is 5.32 Å². The average Bonchev–Trinajstić information content (AvgIpc) is 2.76. The summed E-state index contributed by atoms with van der Waals surface area (Å²) in [5.74, 6) is -0.167. The van der Waals surface area contributed by atoms with Gasteiger partial charge in [-0.1, -0.05) is 35.4 Å². The number of carbonyl (C=O) groups excluding carboxylic acids is 1. The summed E-state index contributed by atoms with van der Waals surface area (Å²) >= 11 is 7.49. The molecule has 0 aliphatic carbocycles. The second kappa shape index (κ2) is 5.99. The number of allylic oxidation sites excluding steroid dienone is 1. The predicted octanol–water partition coefficient (Wildman–Crippen LogP) is 4.37. The van der Waals surface area contributed by atoms with E-state index in [1.165, 1.54) is 17.4 Å². The Morgan fingerprint density at radius 1 is 1.37 bits per heavy atom. The normalized spacial score (nSPS) is 10.1. The van der Waals surface area contributed by atoms with Crippen LogP contribution in [0, 0.1) is 0 Å². The number of rotatable bonds is 3. The molecule has 0 saturated heterocycles. The maximum Gasteiger partial charge on any atom is 0.250 e. The lowest BCUT2D eigenvalue weighted by Crippen LogP contribution is -2.07. The van der Waals surface area contributed by atoms with Crippen LogP contribution in [-0.4, -0.2) is 10.9 Å². The molecule has 0 spiro atoms. The van der Waals surface area contributed by atoms with Gasteiger partial charge in [0.25, 0.3) is 0 Å². The van der Waals surface area contributed by atoms with Crippen molar-refractivity contribution in [3.63, 3.8) is 0 Å². The van der Waals surface area contributed by atoms with Crippen LogP contribution >= 0.6 is 22.9 Å². The fourth-order valence-corrected chi connectivity index (χ4v) is 2.47. The molecule has 1 aromatic carbocycles. The highest BCUT2D eigenvalue weighted by Crippen LogP contribution is 2.30. The SMILES string of the molecule is CC(C)=CC(=O)Nc1nc(-c2ccccc2Cl)cs1. The first-order valence-electron chi connectivity index (χ1n) is 5.72. The number of hydrogen-bond acceptors (Lipinski definition) is 3. The van der Waals surface area contributed by atoms with Gasteiger partial charge in [-0.2, -0.15) is 0 Å². The van der Waals surface area contributed by atoms with Gasteiger partial charge in [-0.05, 0) is 19.9 Å². The van der Waals surface area contributed by atoms with Crippen molar-refractivity contribution in [2.45, 2.75) is 13.8 Å². The first-order valence-corrected chi connectivity index (χ1v) is 6.98. The Balaban J connectivity index is 2.18. The summed E-state index contributed by atoms with van der Waals surface area (Å²) in [4.78, 5) is 16.0. The standard InChI is InChI=1S/C14H13ClN2OS/c1-9(2)7-13(18)17-14-16-12(8-19-14)10-5-3-4-6-11(10)15/h3-8H,1-2H3,(H,16,17,18). The van der Waals surface area contributed by atoms with E-state index < -0.39 is 0 Å². The van der Waals surface area contributed by atoms with E-state index in [1.54, 1.807) is 0 Å². The molecule has 0 fully saturated rings. The lowest BCUT2D eigenvalue weighted by molar-refractivity contribution is -0.111. The van der Waals surface area contributed by atoms with Gasteiger partial charge in [0.2, 0.25) is 5.91 Å². The van der Waals surface area contributed by atoms with Crippen LogP contribution in [0.25, 0.3) is 11.3 Å². The topological polar surface area (TPSA) is 42.0 Å². The number of carbonyl (C=O) groups is 1. The quantitative estimate of drug-likeness (QED) is 0.854. The van der Waals surface area contributed by atoms with E-state index in [0.717, 1.165) is 16.8 Å². The minimum Gasteiger partial charge on any atom is -0.298 e. The zero-order chi connectivity index (χ0) is 13.8. The van der Waals surface area contributed by atoms with E-state index in [0.29, 0.717) is 10.2 Å². The van der Waals surface area contributed by atoms with E-state index in [4.69, 9.17) is 11.6 Å². The number of nitrogens with zero attached hydrogens (tertiary/aromatic N) is 1. The monoisotopic (exact) mass is 292 g/mol. The van der Waals surface area contributed by atoms with Crippen molar-refractivity contribution in [2.24, 2.45) is 0 Å². The number of hydrogen-bond donors (Lipinski definition) is 1. The fraction of sp³-hybridized carbons (Fsp3) is 0.143. The summed E-state index contributed by atoms with van der Waals surface area (Å²) in [7, 11) is 0. The Morgan fingerprint density at radius 3 is 2.79 bits per heavy atom. The number of aromatic nitrogens is 1. The summed E-state index contributed by atoms with van der Waals surface area (Å²) in [5, 5.41) is 5.82. The Kier molecular flexibility index (Phi) is 4.35. The number of benzene rings is 1. The summed E-state index contributed by atoms with van der Waals surface area (Å²) in [6, 6.07) is 7.49. The summed E-state index contributed by atoms with van der Waals surface area (Å²) in [6.45, 7) is 3.74. The van der Waals surface area contributed by atoms with Gasteiger partial charge in [0.1, 0.15) is 0 Å². The minimum atomic E-state index is -0.167. The van der Waals surface area contributed by atoms with Gasteiger partial charge in [-0.25, -0.2) is 4.98 Å². The first kappa shape index (κ1) is 13.8. The van der Waals surface area contributed by atoms with Gasteiger partial charge in [0.05, 0.1) is 5.69 Å². The molecule has 1 aromatic heterocycles. The second-order valence-electron chi connectivity index (χ2n) is 4.23. The molecule has 3 nitrogen and oxygen atoms in total. The molecular formula is C14H13ClN2OS. The van der Waals surface area contributed by atoms with E-state index >= 15 is 0 Å². The zero-order valence-electron chi connectivity index (χ0n) is 10.6. The molecule has 1 heterocycles. The lowest BCUT2D eigenvalue weighted by Gasteiger charge is -1.99. The van der Waals surface area contributed by atoms with Crippen LogP contribution < -0.4 is 5.32 Å². The number of amides is 1. The Labute approximate surface area is 120 Å². The molecular weight excluding hydrogens is 280 g/mol. The molecule has 0 saturated carbocycles. The first-order chi connectivity index (χ1) is 9.06. The van der Waals surface area contributed by atoms with Crippen molar-refractivity contribution in [3.8, 4) is 11.3 Å². The van der Waals surface area contributed by atoms with Crippen molar-refractivity contribution < 1.29 is 4.79 Å². The zero-order valence-corrected chi connectivity index (χ0v) is 12.2. The maximum atomic E-state index is 11.6. The van der Waals surface area contributed by atoms with E-state index in [2.05, 4.69) is 10.3 Å². The highest BCUT2D eigenvalue weighted by Gasteiger charge is 2.08. The van der Waals surface area contributed by atoms with Gasteiger partial charge in [0.15, 0.2) is 5.13 Å². The van der Waals surface area contributed by atoms with Crippen LogP contribution in [-0.2, 0) is 4.79 Å². The molecule has 98 valence electrons. The molecule has 2 rings (SSSR count). The summed E-state index contributed by atoms with van der Waals surface area (Å²) in [5.41, 5.74) is 2.58. The summed E-state index contributed by atoms with van der Waals surface area (Å²) in [6.07, 6.45) is 1.54. The Hall–Kier alpha value is -1.65. The number of anilines is 1. The highest BCUT2D eigenvalue weighted by molar-refractivity contribution is 7.14. The van der Waals surface area contributed by atoms with Gasteiger partial charge in [0, 0.05) is 22.0 Å². The van der Waals surface area contributed by atoms with Gasteiger partial charge in [-0.15, -0.1) is 11.3 Å². The van der Waals surface area contributed by atoms with Gasteiger partial charge < -0.3 is 0 Å². The maximum absolute atomic E-state index is 11.6. The van der Waals surface area contributed by atoms with Crippen LogP contribution in [0.15, 0.2) is 41.3 Å². The van der Waals surface area contributed by atoms with Crippen LogP contribution in [0.5, 0.6) is 0 Å². The molecule has 0 bridgehead atoms. The van der Waals surface area contributed by atoms with E-state index in [-0.39, 0.29) is 5.91 Å². The van der Waals surface area contributed by atoms with Crippen LogP contribution in [0.4, 0.5) is 5.13 Å². The van der Waals surface area contributed by atoms with Crippen molar-refractivity contribution in [1.82, 2.24) is 4.98 Å². The van der Waals surface area contributed by atoms with Crippen LogP contribution in [0.1, 0.15) is 13.8 Å². The largest absolute Gasteiger partial charge is 0.298 e. The highest BCUT2D eigenvalue weighted by atomic mass is 35.5. The molecule has 1 N–H and O–H groups in total. The molecule has 0 aliphatic rings. The van der Waals surface area contributed by atoms with Crippen LogP contribution in [0.3, 0.4) is 0 Å². The molecule has 2 aromatic rings. The van der Waals surface area contributed by atoms with E-state index in [9.17, 15) is 4.79 Å². The van der Waals surface area contributed by atoms with Crippen molar-refractivity contribution in [3.05, 3.63) is 46.3 Å². The molecule has 19 heavy (non-hydrogen) atoms. The molecule has 0 aliphatic heterocycles. The third-order valence-corrected chi connectivity index (χ3v) is 3.39. The smallest absolute Gasteiger partial charge is 0.250 e. The molecule has 1 amide bonds. The Morgan fingerprint density at radius 2 is 2.11 bits per heavy atom. The lowest BCUT2D eigenvalue weighted by atomic mass is 10.2.